The lowest BCUT2D eigenvalue weighted by atomic mass is 9.99. The normalized spacial score (nSPS) is 13.5. The highest BCUT2D eigenvalue weighted by molar-refractivity contribution is 6.08. The van der Waals surface area contributed by atoms with Gasteiger partial charge in [0.2, 0.25) is 0 Å². The van der Waals surface area contributed by atoms with E-state index in [1.807, 2.05) is 30.3 Å². The third-order valence-corrected chi connectivity index (χ3v) is 3.26. The number of rotatable bonds is 4. The van der Waals surface area contributed by atoms with Crippen molar-refractivity contribution in [2.24, 2.45) is 0 Å². The first-order chi connectivity index (χ1) is 8.34. The number of ketones is 1. The molecule has 1 heteroatoms. The molecule has 1 aliphatic rings. The molecule has 0 spiro atoms. The first kappa shape index (κ1) is 10.3. The maximum absolute atomic E-state index is 12.2. The minimum atomic E-state index is 0.259. The summed E-state index contributed by atoms with van der Waals surface area (Å²) in [6.45, 7) is 0. The highest BCUT2D eigenvalue weighted by Gasteiger charge is 2.13. The molecular weight excluding hydrogens is 208 g/mol. The lowest BCUT2D eigenvalue weighted by molar-refractivity contribution is 0.0984. The van der Waals surface area contributed by atoms with E-state index >= 15 is 0 Å². The topological polar surface area (TPSA) is 17.1 Å². The molecule has 0 N–H and O–H groups in total. The summed E-state index contributed by atoms with van der Waals surface area (Å²) in [5.41, 5.74) is 2.29. The average Bonchev–Trinajstić information content (AvgIpc) is 3.19. The van der Waals surface area contributed by atoms with Crippen molar-refractivity contribution in [3.05, 3.63) is 59.7 Å². The Hall–Kier alpha value is -1.89. The van der Waals surface area contributed by atoms with Crippen LogP contribution in [0, 0.1) is 0 Å². The molecule has 0 aromatic heterocycles. The van der Waals surface area contributed by atoms with Crippen LogP contribution in [0.2, 0.25) is 0 Å². The maximum Gasteiger partial charge on any atom is 0.163 e. The molecule has 2 aromatic rings. The van der Waals surface area contributed by atoms with Crippen molar-refractivity contribution in [2.75, 3.05) is 0 Å². The van der Waals surface area contributed by atoms with Gasteiger partial charge < -0.3 is 0 Å². The van der Waals surface area contributed by atoms with Crippen molar-refractivity contribution in [1.82, 2.24) is 0 Å². The fourth-order valence-electron chi connectivity index (χ4n) is 2.15. The molecular formula is C16H14O. The minimum Gasteiger partial charge on any atom is -0.294 e. The SMILES string of the molecule is O=C(CCC1=CC1)c1cccc2ccccc12. The molecule has 0 aliphatic heterocycles. The number of hydrogen-bond donors (Lipinski definition) is 0. The zero-order valence-electron chi connectivity index (χ0n) is 9.65. The molecule has 2 aromatic carbocycles. The molecule has 0 bridgehead atoms. The van der Waals surface area contributed by atoms with Crippen LogP contribution in [-0.4, -0.2) is 5.78 Å². The van der Waals surface area contributed by atoms with E-state index in [0.717, 1.165) is 29.2 Å². The first-order valence-electron chi connectivity index (χ1n) is 6.03. The van der Waals surface area contributed by atoms with Crippen LogP contribution in [0.5, 0.6) is 0 Å². The first-order valence-corrected chi connectivity index (χ1v) is 6.03. The Morgan fingerprint density at radius 1 is 1.06 bits per heavy atom. The Morgan fingerprint density at radius 2 is 1.82 bits per heavy atom. The van der Waals surface area contributed by atoms with Gasteiger partial charge in [0, 0.05) is 12.0 Å². The lowest BCUT2D eigenvalue weighted by Crippen LogP contribution is -1.99. The van der Waals surface area contributed by atoms with Gasteiger partial charge in [-0.3, -0.25) is 4.79 Å². The molecule has 0 fully saturated rings. The minimum absolute atomic E-state index is 0.259. The van der Waals surface area contributed by atoms with E-state index in [9.17, 15) is 4.79 Å². The summed E-state index contributed by atoms with van der Waals surface area (Å²) < 4.78 is 0. The Kier molecular flexibility index (Phi) is 2.52. The number of carbonyl (C=O) groups is 1. The number of carbonyl (C=O) groups excluding carboxylic acids is 1. The molecule has 0 saturated heterocycles. The Balaban J connectivity index is 1.92. The zero-order chi connectivity index (χ0) is 11.7. The molecule has 17 heavy (non-hydrogen) atoms. The maximum atomic E-state index is 12.2. The van der Waals surface area contributed by atoms with Gasteiger partial charge >= 0.3 is 0 Å². The van der Waals surface area contributed by atoms with Gasteiger partial charge in [0.05, 0.1) is 0 Å². The predicted octanol–water partition coefficient (Wildman–Crippen LogP) is 4.13. The van der Waals surface area contributed by atoms with Crippen LogP contribution in [0.15, 0.2) is 54.1 Å². The van der Waals surface area contributed by atoms with Crippen molar-refractivity contribution in [3.8, 4) is 0 Å². The van der Waals surface area contributed by atoms with Crippen LogP contribution in [0.3, 0.4) is 0 Å². The van der Waals surface area contributed by atoms with Gasteiger partial charge in [0.15, 0.2) is 5.78 Å². The van der Waals surface area contributed by atoms with Crippen LogP contribution in [0.1, 0.15) is 29.6 Å². The largest absolute Gasteiger partial charge is 0.294 e. The molecule has 0 saturated carbocycles. The second-order valence-electron chi connectivity index (χ2n) is 4.52. The fourth-order valence-corrected chi connectivity index (χ4v) is 2.15. The quantitative estimate of drug-likeness (QED) is 0.561. The van der Waals surface area contributed by atoms with Gasteiger partial charge in [-0.25, -0.2) is 0 Å². The van der Waals surface area contributed by atoms with Gasteiger partial charge in [-0.2, -0.15) is 0 Å². The van der Waals surface area contributed by atoms with E-state index in [1.165, 1.54) is 5.57 Å². The molecule has 84 valence electrons. The molecule has 3 rings (SSSR count). The molecule has 1 nitrogen and oxygen atoms in total. The Bertz CT molecular complexity index is 602. The van der Waals surface area contributed by atoms with Crippen LogP contribution in [-0.2, 0) is 0 Å². The van der Waals surface area contributed by atoms with Crippen molar-refractivity contribution in [2.45, 2.75) is 19.3 Å². The standard InChI is InChI=1S/C16H14O/c17-16(11-10-12-8-9-12)15-7-3-5-13-4-1-2-6-14(13)15/h1-8H,9-11H2. The molecule has 0 unspecified atom stereocenters. The third kappa shape index (κ3) is 2.14. The van der Waals surface area contributed by atoms with Gasteiger partial charge in [-0.15, -0.1) is 0 Å². The van der Waals surface area contributed by atoms with Crippen molar-refractivity contribution in [3.63, 3.8) is 0 Å². The highest BCUT2D eigenvalue weighted by atomic mass is 16.1. The number of benzene rings is 2. The number of allylic oxidation sites excluding steroid dienone is 2. The van der Waals surface area contributed by atoms with Gasteiger partial charge in [-0.1, -0.05) is 54.1 Å². The van der Waals surface area contributed by atoms with E-state index in [0.29, 0.717) is 6.42 Å². The van der Waals surface area contributed by atoms with Gasteiger partial charge in [0.25, 0.3) is 0 Å². The van der Waals surface area contributed by atoms with Crippen molar-refractivity contribution in [1.29, 1.82) is 0 Å². The van der Waals surface area contributed by atoms with Crippen LogP contribution in [0.25, 0.3) is 10.8 Å². The van der Waals surface area contributed by atoms with Gasteiger partial charge in [-0.05, 0) is 23.6 Å². The van der Waals surface area contributed by atoms with Crippen LogP contribution >= 0.6 is 0 Å². The summed E-state index contributed by atoms with van der Waals surface area (Å²) in [6.07, 6.45) is 4.88. The summed E-state index contributed by atoms with van der Waals surface area (Å²) >= 11 is 0. The van der Waals surface area contributed by atoms with E-state index in [4.69, 9.17) is 0 Å². The third-order valence-electron chi connectivity index (χ3n) is 3.26. The van der Waals surface area contributed by atoms with E-state index in [-0.39, 0.29) is 5.78 Å². The van der Waals surface area contributed by atoms with E-state index in [1.54, 1.807) is 0 Å². The predicted molar refractivity (Wildman–Crippen MR) is 70.2 cm³/mol. The molecule has 1 aliphatic carbocycles. The van der Waals surface area contributed by atoms with E-state index in [2.05, 4.69) is 18.2 Å². The molecule has 0 heterocycles. The highest BCUT2D eigenvalue weighted by Crippen LogP contribution is 2.26. The Labute approximate surface area is 101 Å². The fraction of sp³-hybridized carbons (Fsp3) is 0.188. The van der Waals surface area contributed by atoms with Crippen molar-refractivity contribution < 1.29 is 4.79 Å². The summed E-state index contributed by atoms with van der Waals surface area (Å²) in [6, 6.07) is 14.0. The van der Waals surface area contributed by atoms with E-state index < -0.39 is 0 Å². The smallest absolute Gasteiger partial charge is 0.163 e. The second-order valence-corrected chi connectivity index (χ2v) is 4.52. The summed E-state index contributed by atoms with van der Waals surface area (Å²) in [4.78, 5) is 12.2. The van der Waals surface area contributed by atoms with Crippen LogP contribution in [0.4, 0.5) is 0 Å². The van der Waals surface area contributed by atoms with Gasteiger partial charge in [0.1, 0.15) is 0 Å². The number of hydrogen-bond acceptors (Lipinski definition) is 1. The molecule has 0 atom stereocenters. The lowest BCUT2D eigenvalue weighted by Gasteiger charge is -2.04. The summed E-state index contributed by atoms with van der Waals surface area (Å²) in [5.74, 6) is 0.259. The van der Waals surface area contributed by atoms with Crippen molar-refractivity contribution >= 4 is 16.6 Å². The second kappa shape index (κ2) is 4.17. The molecule has 0 amide bonds. The number of Topliss-reactive ketones (excluding diaryl/α,β-unsaturated/α-hetero) is 1. The molecule has 0 radical (unpaired) electrons. The average molecular weight is 222 g/mol. The van der Waals surface area contributed by atoms with Crippen LogP contribution < -0.4 is 0 Å². The summed E-state index contributed by atoms with van der Waals surface area (Å²) in [7, 11) is 0. The number of fused-ring (bicyclic) bond motifs is 1. The summed E-state index contributed by atoms with van der Waals surface area (Å²) in [5, 5.41) is 2.22. The monoisotopic (exact) mass is 222 g/mol. The zero-order valence-corrected chi connectivity index (χ0v) is 9.65. The Morgan fingerprint density at radius 3 is 2.65 bits per heavy atom.